The summed E-state index contributed by atoms with van der Waals surface area (Å²) in [5.41, 5.74) is 1.07. The molecule has 0 saturated carbocycles. The van der Waals surface area contributed by atoms with E-state index in [2.05, 4.69) is 10.2 Å². The van der Waals surface area contributed by atoms with E-state index in [1.165, 1.54) is 6.42 Å². The lowest BCUT2D eigenvalue weighted by Gasteiger charge is -2.36. The average molecular weight is 308 g/mol. The lowest BCUT2D eigenvalue weighted by atomic mass is 10.1. The highest BCUT2D eigenvalue weighted by molar-refractivity contribution is 6.33. The Kier molecular flexibility index (Phi) is 4.66. The maximum Gasteiger partial charge on any atom is 0.224 e. The normalized spacial score (nSPS) is 22.6. The van der Waals surface area contributed by atoms with Gasteiger partial charge in [0.1, 0.15) is 0 Å². The van der Waals surface area contributed by atoms with Crippen LogP contribution in [0.25, 0.3) is 0 Å². The van der Waals surface area contributed by atoms with Gasteiger partial charge in [-0.25, -0.2) is 0 Å². The van der Waals surface area contributed by atoms with Gasteiger partial charge in [0.15, 0.2) is 0 Å². The third-order valence-corrected chi connectivity index (χ3v) is 4.73. The fourth-order valence-electron chi connectivity index (χ4n) is 3.18. The summed E-state index contributed by atoms with van der Waals surface area (Å²) in [6, 6.07) is 8.30. The minimum atomic E-state index is 0.285. The van der Waals surface area contributed by atoms with Gasteiger partial charge < -0.3 is 15.1 Å². The molecule has 21 heavy (non-hydrogen) atoms. The minimum absolute atomic E-state index is 0.285. The van der Waals surface area contributed by atoms with Gasteiger partial charge in [0, 0.05) is 38.6 Å². The van der Waals surface area contributed by atoms with Gasteiger partial charge in [0.25, 0.3) is 0 Å². The molecule has 1 unspecified atom stereocenters. The van der Waals surface area contributed by atoms with Gasteiger partial charge in [-0.15, -0.1) is 0 Å². The quantitative estimate of drug-likeness (QED) is 0.929. The molecule has 2 saturated heterocycles. The molecule has 0 aliphatic carbocycles. The molecule has 4 nitrogen and oxygen atoms in total. The second-order valence-electron chi connectivity index (χ2n) is 5.82. The third-order valence-electron chi connectivity index (χ3n) is 4.41. The monoisotopic (exact) mass is 307 g/mol. The van der Waals surface area contributed by atoms with Crippen LogP contribution in [0.2, 0.25) is 5.02 Å². The van der Waals surface area contributed by atoms with Crippen LogP contribution in [0.3, 0.4) is 0 Å². The Morgan fingerprint density at radius 3 is 2.67 bits per heavy atom. The molecule has 114 valence electrons. The number of hydrogen-bond donors (Lipinski definition) is 1. The summed E-state index contributed by atoms with van der Waals surface area (Å²) in [5, 5.41) is 4.18. The van der Waals surface area contributed by atoms with Crippen LogP contribution >= 0.6 is 11.6 Å². The minimum Gasteiger partial charge on any atom is -0.367 e. The number of anilines is 1. The first-order valence-electron chi connectivity index (χ1n) is 7.74. The number of carbonyl (C=O) groups excluding carboxylic acids is 1. The molecule has 0 spiro atoms. The molecule has 3 rings (SSSR count). The van der Waals surface area contributed by atoms with Crippen molar-refractivity contribution in [1.29, 1.82) is 0 Å². The van der Waals surface area contributed by atoms with E-state index >= 15 is 0 Å². The Labute approximate surface area is 131 Å². The van der Waals surface area contributed by atoms with Crippen molar-refractivity contribution in [3.8, 4) is 0 Å². The van der Waals surface area contributed by atoms with Gasteiger partial charge >= 0.3 is 0 Å². The number of nitrogens with one attached hydrogen (secondary N) is 1. The molecule has 2 fully saturated rings. The summed E-state index contributed by atoms with van der Waals surface area (Å²) in [6.45, 7) is 4.34. The highest BCUT2D eigenvalue weighted by Crippen LogP contribution is 2.26. The number of halogens is 1. The molecule has 0 bridgehead atoms. The van der Waals surface area contributed by atoms with Gasteiger partial charge in [-0.3, -0.25) is 4.79 Å². The molecule has 2 aliphatic rings. The maximum absolute atomic E-state index is 12.3. The van der Waals surface area contributed by atoms with E-state index in [1.807, 2.05) is 29.2 Å². The van der Waals surface area contributed by atoms with E-state index in [0.29, 0.717) is 12.5 Å². The average Bonchev–Trinajstić information content (AvgIpc) is 3.01. The molecular formula is C16H22ClN3O. The molecular weight excluding hydrogens is 286 g/mol. The zero-order valence-electron chi connectivity index (χ0n) is 12.2. The van der Waals surface area contributed by atoms with Crippen molar-refractivity contribution >= 4 is 23.2 Å². The number of hydrogen-bond acceptors (Lipinski definition) is 3. The SMILES string of the molecule is O=C(CC1CCCN1)N1CCN(c2ccccc2Cl)CC1. The van der Waals surface area contributed by atoms with Gasteiger partial charge in [0.2, 0.25) is 5.91 Å². The molecule has 0 aromatic heterocycles. The topological polar surface area (TPSA) is 35.6 Å². The third kappa shape index (κ3) is 3.50. The smallest absolute Gasteiger partial charge is 0.224 e. The Bertz CT molecular complexity index is 494. The second-order valence-corrected chi connectivity index (χ2v) is 6.22. The van der Waals surface area contributed by atoms with Gasteiger partial charge in [-0.05, 0) is 31.5 Å². The number of benzene rings is 1. The number of para-hydroxylation sites is 1. The van der Waals surface area contributed by atoms with Crippen molar-refractivity contribution in [3.05, 3.63) is 29.3 Å². The van der Waals surface area contributed by atoms with Crippen molar-refractivity contribution < 1.29 is 4.79 Å². The van der Waals surface area contributed by atoms with Crippen molar-refractivity contribution in [3.63, 3.8) is 0 Å². The number of rotatable bonds is 3. The Hall–Kier alpha value is -1.26. The summed E-state index contributed by atoms with van der Waals surface area (Å²) >= 11 is 6.24. The highest BCUT2D eigenvalue weighted by atomic mass is 35.5. The predicted octanol–water partition coefficient (Wildman–Crippen LogP) is 2.13. The Morgan fingerprint density at radius 2 is 2.00 bits per heavy atom. The summed E-state index contributed by atoms with van der Waals surface area (Å²) in [6.07, 6.45) is 2.97. The summed E-state index contributed by atoms with van der Waals surface area (Å²) in [5.74, 6) is 0.285. The molecule has 5 heteroatoms. The van der Waals surface area contributed by atoms with Crippen LogP contribution in [-0.2, 0) is 4.79 Å². The second kappa shape index (κ2) is 6.67. The molecule has 1 atom stereocenters. The summed E-state index contributed by atoms with van der Waals surface area (Å²) in [7, 11) is 0. The fraction of sp³-hybridized carbons (Fsp3) is 0.562. The predicted molar refractivity (Wildman–Crippen MR) is 85.9 cm³/mol. The number of piperazine rings is 1. The number of carbonyl (C=O) groups is 1. The first kappa shape index (κ1) is 14.7. The van der Waals surface area contributed by atoms with E-state index in [0.717, 1.165) is 49.9 Å². The Balaban J connectivity index is 1.52. The molecule has 1 N–H and O–H groups in total. The van der Waals surface area contributed by atoms with Crippen molar-refractivity contribution in [2.24, 2.45) is 0 Å². The Morgan fingerprint density at radius 1 is 1.24 bits per heavy atom. The fourth-order valence-corrected chi connectivity index (χ4v) is 3.43. The summed E-state index contributed by atoms with van der Waals surface area (Å²) < 4.78 is 0. The lowest BCUT2D eigenvalue weighted by molar-refractivity contribution is -0.131. The van der Waals surface area contributed by atoms with Gasteiger partial charge in [-0.2, -0.15) is 0 Å². The van der Waals surface area contributed by atoms with Crippen LogP contribution in [0.1, 0.15) is 19.3 Å². The highest BCUT2D eigenvalue weighted by Gasteiger charge is 2.25. The maximum atomic E-state index is 12.3. The van der Waals surface area contributed by atoms with Crippen LogP contribution in [0.5, 0.6) is 0 Å². The first-order valence-corrected chi connectivity index (χ1v) is 8.12. The summed E-state index contributed by atoms with van der Waals surface area (Å²) in [4.78, 5) is 16.6. The zero-order valence-corrected chi connectivity index (χ0v) is 13.0. The molecule has 2 heterocycles. The molecule has 0 radical (unpaired) electrons. The lowest BCUT2D eigenvalue weighted by Crippen LogP contribution is -2.49. The number of amides is 1. The molecule has 1 amide bonds. The van der Waals surface area contributed by atoms with E-state index in [9.17, 15) is 4.79 Å². The zero-order chi connectivity index (χ0) is 14.7. The van der Waals surface area contributed by atoms with Crippen LogP contribution in [-0.4, -0.2) is 49.6 Å². The molecule has 1 aromatic rings. The van der Waals surface area contributed by atoms with Crippen LogP contribution in [0.4, 0.5) is 5.69 Å². The van der Waals surface area contributed by atoms with Crippen molar-refractivity contribution in [2.75, 3.05) is 37.6 Å². The van der Waals surface area contributed by atoms with Crippen molar-refractivity contribution in [2.45, 2.75) is 25.3 Å². The van der Waals surface area contributed by atoms with Crippen LogP contribution < -0.4 is 10.2 Å². The van der Waals surface area contributed by atoms with Gasteiger partial charge in [0.05, 0.1) is 10.7 Å². The van der Waals surface area contributed by atoms with Crippen LogP contribution in [0, 0.1) is 0 Å². The molecule has 2 aliphatic heterocycles. The van der Waals surface area contributed by atoms with E-state index in [-0.39, 0.29) is 5.91 Å². The molecule has 1 aromatic carbocycles. The van der Waals surface area contributed by atoms with E-state index < -0.39 is 0 Å². The van der Waals surface area contributed by atoms with Gasteiger partial charge in [-0.1, -0.05) is 23.7 Å². The van der Waals surface area contributed by atoms with Crippen molar-refractivity contribution in [1.82, 2.24) is 10.2 Å². The van der Waals surface area contributed by atoms with Crippen LogP contribution in [0.15, 0.2) is 24.3 Å². The standard InChI is InChI=1S/C16H22ClN3O/c17-14-5-1-2-6-15(14)19-8-10-20(11-9-19)16(21)12-13-4-3-7-18-13/h1-2,5-6,13,18H,3-4,7-12H2. The largest absolute Gasteiger partial charge is 0.367 e. The first-order chi connectivity index (χ1) is 10.2. The number of nitrogens with zero attached hydrogens (tertiary/aromatic N) is 2. The van der Waals surface area contributed by atoms with E-state index in [4.69, 9.17) is 11.6 Å². The van der Waals surface area contributed by atoms with E-state index in [1.54, 1.807) is 0 Å².